The van der Waals surface area contributed by atoms with Crippen molar-refractivity contribution in [1.29, 1.82) is 0 Å². The summed E-state index contributed by atoms with van der Waals surface area (Å²) in [6.45, 7) is 0.207. The summed E-state index contributed by atoms with van der Waals surface area (Å²) >= 11 is 0. The van der Waals surface area contributed by atoms with Crippen LogP contribution in [0, 0.1) is 11.2 Å². The Balaban J connectivity index is 1.27. The van der Waals surface area contributed by atoms with Crippen LogP contribution in [0.4, 0.5) is 4.39 Å². The molecule has 6 nitrogen and oxygen atoms in total. The Morgan fingerprint density at radius 3 is 2.66 bits per heavy atom. The van der Waals surface area contributed by atoms with Crippen LogP contribution in [0.2, 0.25) is 0 Å². The van der Waals surface area contributed by atoms with E-state index in [9.17, 15) is 12.8 Å². The average molecular weight is 453 g/mol. The molecule has 6 rings (SSSR count). The fourth-order valence-electron chi connectivity index (χ4n) is 6.02. The van der Waals surface area contributed by atoms with Crippen LogP contribution < -0.4 is 4.72 Å². The van der Waals surface area contributed by atoms with Gasteiger partial charge in [0.2, 0.25) is 0 Å². The van der Waals surface area contributed by atoms with Crippen molar-refractivity contribution < 1.29 is 12.8 Å². The van der Waals surface area contributed by atoms with Crippen molar-refractivity contribution in [1.82, 2.24) is 19.2 Å². The topological polar surface area (TPSA) is 67.0 Å². The molecule has 166 valence electrons. The fourth-order valence-corrected chi connectivity index (χ4v) is 7.01. The second kappa shape index (κ2) is 6.73. The van der Waals surface area contributed by atoms with Crippen molar-refractivity contribution >= 4 is 10.0 Å². The highest BCUT2D eigenvalue weighted by molar-refractivity contribution is 7.89. The van der Waals surface area contributed by atoms with E-state index in [-0.39, 0.29) is 22.8 Å². The molecule has 3 atom stereocenters. The molecule has 8 heteroatoms. The maximum atomic E-state index is 13.8. The van der Waals surface area contributed by atoms with Crippen molar-refractivity contribution in [2.75, 3.05) is 7.05 Å². The normalized spacial score (nSPS) is 29.7. The quantitative estimate of drug-likeness (QED) is 0.584. The van der Waals surface area contributed by atoms with Crippen LogP contribution in [0.3, 0.4) is 0 Å². The van der Waals surface area contributed by atoms with Gasteiger partial charge in [-0.25, -0.2) is 22.5 Å². The van der Waals surface area contributed by atoms with E-state index in [0.717, 1.165) is 24.0 Å². The number of aromatic nitrogens is 2. The van der Waals surface area contributed by atoms with E-state index >= 15 is 0 Å². The number of halogens is 1. The Bertz CT molecular complexity index is 1330. The number of likely N-dealkylation sites (tertiary alicyclic amines) is 1. The van der Waals surface area contributed by atoms with Crippen molar-refractivity contribution in [2.24, 2.45) is 12.5 Å². The first kappa shape index (κ1) is 20.1. The molecule has 3 aromatic rings. The number of nitrogens with zero attached hydrogens (tertiary/aromatic N) is 3. The molecule has 2 aromatic carbocycles. The summed E-state index contributed by atoms with van der Waals surface area (Å²) in [6.07, 6.45) is 4.80. The van der Waals surface area contributed by atoms with Crippen LogP contribution in [0.1, 0.15) is 28.2 Å². The minimum Gasteiger partial charge on any atom is -0.339 e. The molecular weight excluding hydrogens is 427 g/mol. The van der Waals surface area contributed by atoms with Crippen molar-refractivity contribution in [2.45, 2.75) is 42.4 Å². The lowest BCUT2D eigenvalue weighted by Crippen LogP contribution is -2.31. The molecule has 2 aliphatic carbocycles. The van der Waals surface area contributed by atoms with E-state index < -0.39 is 10.0 Å². The lowest BCUT2D eigenvalue weighted by Gasteiger charge is -2.29. The largest absolute Gasteiger partial charge is 0.339 e. The number of sulfonamides is 1. The predicted octanol–water partition coefficient (Wildman–Crippen LogP) is 2.60. The third kappa shape index (κ3) is 2.97. The van der Waals surface area contributed by atoms with E-state index in [1.807, 2.05) is 12.1 Å². The zero-order valence-electron chi connectivity index (χ0n) is 18.0. The van der Waals surface area contributed by atoms with Crippen LogP contribution in [0.5, 0.6) is 0 Å². The highest BCUT2D eigenvalue weighted by Crippen LogP contribution is 2.76. The maximum Gasteiger partial charge on any atom is 0.259 e. The van der Waals surface area contributed by atoms with Crippen molar-refractivity contribution in [3.05, 3.63) is 83.1 Å². The Morgan fingerprint density at radius 2 is 1.97 bits per heavy atom. The average Bonchev–Trinajstić information content (AvgIpc) is 3.51. The van der Waals surface area contributed by atoms with Gasteiger partial charge in [0.15, 0.2) is 5.03 Å². The summed E-state index contributed by atoms with van der Waals surface area (Å²) in [6, 6.07) is 14.4. The van der Waals surface area contributed by atoms with Gasteiger partial charge < -0.3 is 4.57 Å². The lowest BCUT2D eigenvalue weighted by molar-refractivity contribution is 0.226. The van der Waals surface area contributed by atoms with E-state index in [0.29, 0.717) is 18.0 Å². The molecule has 3 unspecified atom stereocenters. The monoisotopic (exact) mass is 452 g/mol. The molecule has 1 N–H and O–H groups in total. The third-order valence-electron chi connectivity index (χ3n) is 7.56. The number of imidazole rings is 1. The SMILES string of the molecule is CN1C2C1C21Cc2ccc(CNS(=O)(=O)c3cn(C)cn3)cc2C1Cc1cccc(F)c1. The number of fused-ring (bicyclic) bond motifs is 4. The summed E-state index contributed by atoms with van der Waals surface area (Å²) in [4.78, 5) is 6.36. The standard InChI is InChI=1S/C24H25FN4O2S/c1-28-13-21(26-14-28)32(30,31)27-12-16-6-7-17-11-24(22-23(24)29(22)2)20(19(17)9-16)10-15-4-3-5-18(25)8-15/h3-9,13-14,20,22-23,27H,10-12H2,1-2H3. The zero-order chi connectivity index (χ0) is 22.3. The molecule has 2 fully saturated rings. The number of aryl methyl sites for hydroxylation is 1. The van der Waals surface area contributed by atoms with Crippen molar-refractivity contribution in [3.8, 4) is 0 Å². The molecule has 1 saturated heterocycles. The maximum absolute atomic E-state index is 13.8. The van der Waals surface area contributed by atoms with Crippen molar-refractivity contribution in [3.63, 3.8) is 0 Å². The molecule has 0 bridgehead atoms. The summed E-state index contributed by atoms with van der Waals surface area (Å²) in [7, 11) is 0.236. The van der Waals surface area contributed by atoms with Gasteiger partial charge in [0.25, 0.3) is 10.0 Å². The molecule has 3 aliphatic rings. The minimum atomic E-state index is -3.67. The van der Waals surface area contributed by atoms with Crippen LogP contribution in [-0.4, -0.2) is 42.0 Å². The van der Waals surface area contributed by atoms with Gasteiger partial charge in [0, 0.05) is 37.3 Å². The van der Waals surface area contributed by atoms with Crippen LogP contribution in [0.15, 0.2) is 60.0 Å². The van der Waals surface area contributed by atoms with E-state index in [1.165, 1.54) is 29.7 Å². The third-order valence-corrected chi connectivity index (χ3v) is 8.85. The minimum absolute atomic E-state index is 0.0187. The Hall–Kier alpha value is -2.55. The summed E-state index contributed by atoms with van der Waals surface area (Å²) in [5.74, 6) is 0.114. The first-order chi connectivity index (χ1) is 15.3. The van der Waals surface area contributed by atoms with Gasteiger partial charge in [0.1, 0.15) is 5.82 Å². The summed E-state index contributed by atoms with van der Waals surface area (Å²) < 4.78 is 43.2. The molecule has 1 aromatic heterocycles. The number of likely N-dealkylation sites (N-methyl/N-ethyl adjacent to an activating group) is 1. The van der Waals surface area contributed by atoms with Crippen LogP contribution >= 0.6 is 0 Å². The summed E-state index contributed by atoms with van der Waals surface area (Å²) in [5, 5.41) is 0.0187. The molecule has 2 heterocycles. The van der Waals surface area contributed by atoms with Gasteiger partial charge in [-0.1, -0.05) is 30.3 Å². The van der Waals surface area contributed by atoms with Gasteiger partial charge in [0.05, 0.1) is 6.33 Å². The van der Waals surface area contributed by atoms with Gasteiger partial charge in [-0.15, -0.1) is 0 Å². The Kier molecular flexibility index (Phi) is 4.22. The Labute approximate surface area is 187 Å². The summed E-state index contributed by atoms with van der Waals surface area (Å²) in [5.41, 5.74) is 4.80. The van der Waals surface area contributed by atoms with Gasteiger partial charge in [-0.2, -0.15) is 0 Å². The molecule has 0 amide bonds. The smallest absolute Gasteiger partial charge is 0.259 e. The predicted molar refractivity (Wildman–Crippen MR) is 118 cm³/mol. The molecule has 0 radical (unpaired) electrons. The van der Waals surface area contributed by atoms with Crippen LogP contribution in [-0.2, 0) is 36.5 Å². The Morgan fingerprint density at radius 1 is 1.16 bits per heavy atom. The lowest BCUT2D eigenvalue weighted by atomic mass is 9.81. The number of benzene rings is 2. The van der Waals surface area contributed by atoms with Crippen LogP contribution in [0.25, 0.3) is 0 Å². The van der Waals surface area contributed by atoms with Gasteiger partial charge in [-0.3, -0.25) is 4.90 Å². The first-order valence-electron chi connectivity index (χ1n) is 10.9. The fraction of sp³-hybridized carbons (Fsp3) is 0.375. The number of rotatable bonds is 6. The van der Waals surface area contributed by atoms with E-state index in [4.69, 9.17) is 0 Å². The molecule has 32 heavy (non-hydrogen) atoms. The highest BCUT2D eigenvalue weighted by atomic mass is 32.2. The number of hydrogen-bond donors (Lipinski definition) is 1. The molecule has 1 spiro atoms. The van der Waals surface area contributed by atoms with E-state index in [1.54, 1.807) is 23.7 Å². The molecular formula is C24H25FN4O2S. The molecule has 1 aliphatic heterocycles. The molecule has 1 saturated carbocycles. The number of nitrogens with one attached hydrogen (secondary N) is 1. The first-order valence-corrected chi connectivity index (χ1v) is 12.3. The van der Waals surface area contributed by atoms with Gasteiger partial charge >= 0.3 is 0 Å². The van der Waals surface area contributed by atoms with E-state index in [2.05, 4.69) is 33.8 Å². The second-order valence-electron chi connectivity index (χ2n) is 9.47. The highest BCUT2D eigenvalue weighted by Gasteiger charge is 2.84. The van der Waals surface area contributed by atoms with Gasteiger partial charge in [-0.05, 0) is 60.2 Å². The zero-order valence-corrected chi connectivity index (χ0v) is 18.8. The second-order valence-corrected chi connectivity index (χ2v) is 11.2. The number of hydrogen-bond acceptors (Lipinski definition) is 4.